The van der Waals surface area contributed by atoms with Gasteiger partial charge in [0.15, 0.2) is 0 Å². The molecule has 1 amide bonds. The molecule has 1 aromatic heterocycles. The van der Waals surface area contributed by atoms with Crippen LogP contribution in [0.2, 0.25) is 0 Å². The number of hydrogen-bond donors (Lipinski definition) is 1. The van der Waals surface area contributed by atoms with Gasteiger partial charge in [-0.15, -0.1) is 0 Å². The molecule has 3 heterocycles. The molecule has 24 heavy (non-hydrogen) atoms. The van der Waals surface area contributed by atoms with Gasteiger partial charge in [-0.3, -0.25) is 4.79 Å². The number of carbonyl (C=O) groups excluding carboxylic acids is 1. The fourth-order valence-electron chi connectivity index (χ4n) is 3.79. The number of nitrogens with one attached hydrogen (secondary N) is 1. The molecule has 2 unspecified atom stereocenters. The van der Waals surface area contributed by atoms with E-state index in [0.717, 1.165) is 50.3 Å². The van der Waals surface area contributed by atoms with E-state index in [0.29, 0.717) is 0 Å². The van der Waals surface area contributed by atoms with Crippen LogP contribution in [-0.2, 0) is 24.2 Å². The van der Waals surface area contributed by atoms with Crippen LogP contribution in [0.15, 0.2) is 30.6 Å². The summed E-state index contributed by atoms with van der Waals surface area (Å²) in [5.41, 5.74) is 2.35. The molecule has 0 saturated heterocycles. The predicted octanol–water partition coefficient (Wildman–Crippen LogP) is 1.55. The van der Waals surface area contributed by atoms with Crippen molar-refractivity contribution < 1.29 is 4.79 Å². The van der Waals surface area contributed by atoms with E-state index >= 15 is 0 Å². The lowest BCUT2D eigenvalue weighted by molar-refractivity contribution is -0.120. The highest BCUT2D eigenvalue weighted by molar-refractivity contribution is 5.98. The molecule has 2 aliphatic rings. The van der Waals surface area contributed by atoms with Gasteiger partial charge in [-0.2, -0.15) is 5.10 Å². The Hall–Kier alpha value is -2.21. The standard InChI is InChI=1S/C18H23N5O/c1-13(21-15-8-9-17-19-12-20-23(17)11-15)18(24)22-10-4-6-14-5-2-3-7-16(14)22/h2-3,5,7,12-13,15,21H,4,6,8-11H2,1H3. The van der Waals surface area contributed by atoms with E-state index in [1.165, 1.54) is 5.56 Å². The zero-order chi connectivity index (χ0) is 16.5. The van der Waals surface area contributed by atoms with Crippen LogP contribution in [0.5, 0.6) is 0 Å². The van der Waals surface area contributed by atoms with E-state index in [9.17, 15) is 4.79 Å². The Morgan fingerprint density at radius 2 is 2.21 bits per heavy atom. The molecule has 0 aliphatic carbocycles. The Kier molecular flexibility index (Phi) is 4.06. The average Bonchev–Trinajstić information content (AvgIpc) is 3.08. The van der Waals surface area contributed by atoms with Gasteiger partial charge in [0, 0.05) is 24.7 Å². The molecule has 2 atom stereocenters. The highest BCUT2D eigenvalue weighted by atomic mass is 16.2. The van der Waals surface area contributed by atoms with Gasteiger partial charge < -0.3 is 10.2 Å². The van der Waals surface area contributed by atoms with Gasteiger partial charge in [0.1, 0.15) is 12.2 Å². The van der Waals surface area contributed by atoms with Crippen molar-refractivity contribution in [1.82, 2.24) is 20.1 Å². The number of anilines is 1. The van der Waals surface area contributed by atoms with E-state index in [2.05, 4.69) is 27.5 Å². The maximum Gasteiger partial charge on any atom is 0.243 e. The molecular weight excluding hydrogens is 302 g/mol. The van der Waals surface area contributed by atoms with Crippen molar-refractivity contribution in [3.8, 4) is 0 Å². The topological polar surface area (TPSA) is 63.1 Å². The van der Waals surface area contributed by atoms with Crippen molar-refractivity contribution in [2.24, 2.45) is 0 Å². The first kappa shape index (κ1) is 15.3. The molecule has 2 aliphatic heterocycles. The maximum absolute atomic E-state index is 13.0. The van der Waals surface area contributed by atoms with E-state index in [1.54, 1.807) is 6.33 Å². The third-order valence-electron chi connectivity index (χ3n) is 5.04. The smallest absolute Gasteiger partial charge is 0.243 e. The summed E-state index contributed by atoms with van der Waals surface area (Å²) in [6.07, 6.45) is 5.59. The number of carbonyl (C=O) groups is 1. The van der Waals surface area contributed by atoms with Gasteiger partial charge in [0.2, 0.25) is 5.91 Å². The predicted molar refractivity (Wildman–Crippen MR) is 91.8 cm³/mol. The molecule has 2 aromatic rings. The number of nitrogens with zero attached hydrogens (tertiary/aromatic N) is 4. The van der Waals surface area contributed by atoms with Gasteiger partial charge >= 0.3 is 0 Å². The minimum absolute atomic E-state index is 0.159. The third-order valence-corrected chi connectivity index (χ3v) is 5.04. The number of amides is 1. The van der Waals surface area contributed by atoms with Crippen molar-refractivity contribution >= 4 is 11.6 Å². The normalized spacial score (nSPS) is 21.0. The molecule has 126 valence electrons. The second-order valence-electron chi connectivity index (χ2n) is 6.70. The van der Waals surface area contributed by atoms with Gasteiger partial charge in [0.25, 0.3) is 0 Å². The Morgan fingerprint density at radius 1 is 1.33 bits per heavy atom. The number of hydrogen-bond acceptors (Lipinski definition) is 4. The van der Waals surface area contributed by atoms with Crippen LogP contribution in [-0.4, -0.2) is 39.3 Å². The molecule has 0 bridgehead atoms. The van der Waals surface area contributed by atoms with Crippen molar-refractivity contribution in [1.29, 1.82) is 0 Å². The van der Waals surface area contributed by atoms with Crippen molar-refractivity contribution in [3.05, 3.63) is 42.0 Å². The van der Waals surface area contributed by atoms with Crippen molar-refractivity contribution in [2.45, 2.75) is 51.2 Å². The monoisotopic (exact) mass is 325 g/mol. The summed E-state index contributed by atoms with van der Waals surface area (Å²) in [6, 6.07) is 8.30. The molecule has 0 fully saturated rings. The van der Waals surface area contributed by atoms with Crippen LogP contribution in [0.25, 0.3) is 0 Å². The lowest BCUT2D eigenvalue weighted by Crippen LogP contribution is -2.51. The largest absolute Gasteiger partial charge is 0.311 e. The average molecular weight is 325 g/mol. The summed E-state index contributed by atoms with van der Waals surface area (Å²) in [5.74, 6) is 1.20. The minimum Gasteiger partial charge on any atom is -0.311 e. The number of fused-ring (bicyclic) bond motifs is 2. The summed E-state index contributed by atoms with van der Waals surface area (Å²) in [5, 5.41) is 7.75. The summed E-state index contributed by atoms with van der Waals surface area (Å²) in [4.78, 5) is 19.2. The molecule has 6 heteroatoms. The quantitative estimate of drug-likeness (QED) is 0.930. The highest BCUT2D eigenvalue weighted by Gasteiger charge is 2.28. The Morgan fingerprint density at radius 3 is 3.12 bits per heavy atom. The zero-order valence-corrected chi connectivity index (χ0v) is 14.0. The molecule has 0 saturated carbocycles. The fourth-order valence-corrected chi connectivity index (χ4v) is 3.79. The van der Waals surface area contributed by atoms with E-state index in [4.69, 9.17) is 0 Å². The molecule has 1 N–H and O–H groups in total. The van der Waals surface area contributed by atoms with Crippen LogP contribution in [0.4, 0.5) is 5.69 Å². The number of para-hydroxylation sites is 1. The first-order valence-corrected chi connectivity index (χ1v) is 8.74. The molecule has 0 radical (unpaired) electrons. The van der Waals surface area contributed by atoms with Crippen molar-refractivity contribution in [2.75, 3.05) is 11.4 Å². The second-order valence-corrected chi connectivity index (χ2v) is 6.70. The second kappa shape index (κ2) is 6.36. The first-order valence-electron chi connectivity index (χ1n) is 8.74. The van der Waals surface area contributed by atoms with Crippen LogP contribution < -0.4 is 10.2 Å². The van der Waals surface area contributed by atoms with Crippen LogP contribution >= 0.6 is 0 Å². The van der Waals surface area contributed by atoms with Gasteiger partial charge in [-0.25, -0.2) is 9.67 Å². The van der Waals surface area contributed by atoms with Crippen LogP contribution in [0, 0.1) is 0 Å². The third kappa shape index (κ3) is 2.82. The number of benzene rings is 1. The lowest BCUT2D eigenvalue weighted by Gasteiger charge is -2.33. The number of aryl methyl sites for hydroxylation is 2. The fraction of sp³-hybridized carbons (Fsp3) is 0.500. The summed E-state index contributed by atoms with van der Waals surface area (Å²) in [7, 11) is 0. The van der Waals surface area contributed by atoms with Crippen molar-refractivity contribution in [3.63, 3.8) is 0 Å². The van der Waals surface area contributed by atoms with E-state index in [-0.39, 0.29) is 18.0 Å². The van der Waals surface area contributed by atoms with Gasteiger partial charge in [-0.05, 0) is 37.8 Å². The number of rotatable bonds is 3. The maximum atomic E-state index is 13.0. The molecule has 6 nitrogen and oxygen atoms in total. The summed E-state index contributed by atoms with van der Waals surface area (Å²) < 4.78 is 1.94. The first-order chi connectivity index (χ1) is 11.7. The highest BCUT2D eigenvalue weighted by Crippen LogP contribution is 2.27. The molecular formula is C18H23N5O. The number of aromatic nitrogens is 3. The van der Waals surface area contributed by atoms with Gasteiger partial charge in [0.05, 0.1) is 12.6 Å². The molecule has 1 aromatic carbocycles. The molecule has 0 spiro atoms. The van der Waals surface area contributed by atoms with Crippen LogP contribution in [0.3, 0.4) is 0 Å². The zero-order valence-electron chi connectivity index (χ0n) is 14.0. The van der Waals surface area contributed by atoms with E-state index < -0.39 is 0 Å². The summed E-state index contributed by atoms with van der Waals surface area (Å²) in [6.45, 7) is 3.56. The minimum atomic E-state index is -0.203. The Labute approximate surface area is 141 Å². The van der Waals surface area contributed by atoms with Crippen LogP contribution in [0.1, 0.15) is 31.2 Å². The van der Waals surface area contributed by atoms with Gasteiger partial charge in [-0.1, -0.05) is 18.2 Å². The van der Waals surface area contributed by atoms with E-state index in [1.807, 2.05) is 28.6 Å². The Balaban J connectivity index is 1.44. The molecule has 4 rings (SSSR count). The SMILES string of the molecule is CC(NC1CCc2ncnn2C1)C(=O)N1CCCc2ccccc21. The lowest BCUT2D eigenvalue weighted by atomic mass is 10.0. The summed E-state index contributed by atoms with van der Waals surface area (Å²) >= 11 is 0. The Bertz CT molecular complexity index is 741.